The Morgan fingerprint density at radius 2 is 2.07 bits per heavy atom. The zero-order valence-electron chi connectivity index (χ0n) is 16.9. The molecule has 1 aliphatic rings. The van der Waals surface area contributed by atoms with Crippen molar-refractivity contribution in [1.82, 2.24) is 25.3 Å². The van der Waals surface area contributed by atoms with Crippen LogP contribution in [0.15, 0.2) is 34.2 Å². The lowest BCUT2D eigenvalue weighted by atomic mass is 9.97. The van der Waals surface area contributed by atoms with Gasteiger partial charge >= 0.3 is 6.03 Å². The molecule has 2 atom stereocenters. The molecule has 2 unspecified atom stereocenters. The largest absolute Gasteiger partial charge is 0.340 e. The second kappa shape index (κ2) is 8.32. The van der Waals surface area contributed by atoms with Crippen molar-refractivity contribution in [2.45, 2.75) is 45.6 Å². The minimum absolute atomic E-state index is 0.0541. The number of aromatic nitrogens is 3. The van der Waals surface area contributed by atoms with Crippen molar-refractivity contribution < 1.29 is 9.32 Å². The fourth-order valence-corrected chi connectivity index (χ4v) is 4.27. The van der Waals surface area contributed by atoms with E-state index in [0.29, 0.717) is 18.3 Å². The highest BCUT2D eigenvalue weighted by Gasteiger charge is 2.28. The zero-order valence-corrected chi connectivity index (χ0v) is 17.7. The van der Waals surface area contributed by atoms with E-state index in [-0.39, 0.29) is 18.0 Å². The molecule has 0 saturated carbocycles. The predicted octanol–water partition coefficient (Wildman–Crippen LogP) is 4.46. The Balaban J connectivity index is 1.37. The molecule has 1 saturated heterocycles. The summed E-state index contributed by atoms with van der Waals surface area (Å²) in [5.74, 6) is 1.38. The molecule has 3 aromatic rings. The van der Waals surface area contributed by atoms with Crippen LogP contribution in [0.4, 0.5) is 4.79 Å². The lowest BCUT2D eigenvalue weighted by Gasteiger charge is -2.32. The monoisotopic (exact) mass is 411 g/mol. The second-order valence-corrected chi connectivity index (χ2v) is 8.56. The third-order valence-electron chi connectivity index (χ3n) is 5.28. The number of urea groups is 1. The van der Waals surface area contributed by atoms with Crippen LogP contribution in [0.25, 0.3) is 11.3 Å². The first-order chi connectivity index (χ1) is 14.0. The fourth-order valence-electron chi connectivity index (χ4n) is 3.65. The number of benzene rings is 1. The average Bonchev–Trinajstić information content (AvgIpc) is 3.36. The first-order valence-corrected chi connectivity index (χ1v) is 10.8. The van der Waals surface area contributed by atoms with E-state index in [9.17, 15) is 4.79 Å². The van der Waals surface area contributed by atoms with Crippen molar-refractivity contribution in [2.24, 2.45) is 0 Å². The smallest absolute Gasteiger partial charge is 0.317 e. The van der Waals surface area contributed by atoms with Gasteiger partial charge in [0.05, 0.1) is 16.7 Å². The Hall–Kier alpha value is -2.74. The van der Waals surface area contributed by atoms with Crippen LogP contribution in [0.1, 0.15) is 54.0 Å². The Morgan fingerprint density at radius 3 is 2.72 bits per heavy atom. The highest BCUT2D eigenvalue weighted by molar-refractivity contribution is 7.09. The van der Waals surface area contributed by atoms with Crippen LogP contribution in [0, 0.1) is 13.8 Å². The van der Waals surface area contributed by atoms with Gasteiger partial charge in [0.25, 0.3) is 0 Å². The van der Waals surface area contributed by atoms with Gasteiger partial charge in [0.15, 0.2) is 5.82 Å². The number of likely N-dealkylation sites (tertiary alicyclic amines) is 1. The molecule has 0 bridgehead atoms. The third kappa shape index (κ3) is 4.48. The van der Waals surface area contributed by atoms with E-state index >= 15 is 0 Å². The fraction of sp³-hybridized carbons (Fsp3) is 0.429. The van der Waals surface area contributed by atoms with Crippen molar-refractivity contribution in [1.29, 1.82) is 0 Å². The second-order valence-electron chi connectivity index (χ2n) is 7.50. The summed E-state index contributed by atoms with van der Waals surface area (Å²) in [4.78, 5) is 23.5. The molecule has 1 aliphatic heterocycles. The number of nitrogens with one attached hydrogen (secondary N) is 1. The molecule has 1 fully saturated rings. The number of nitrogens with zero attached hydrogens (tertiary/aromatic N) is 4. The third-order valence-corrected chi connectivity index (χ3v) is 6.06. The molecule has 2 aromatic heterocycles. The first kappa shape index (κ1) is 19.6. The van der Waals surface area contributed by atoms with Gasteiger partial charge in [-0.15, -0.1) is 11.3 Å². The number of carbonyl (C=O) groups excluding carboxylic acids is 1. The minimum atomic E-state index is -0.0819. The van der Waals surface area contributed by atoms with Crippen LogP contribution < -0.4 is 5.32 Å². The van der Waals surface area contributed by atoms with E-state index in [1.165, 1.54) is 0 Å². The number of thiazole rings is 1. The van der Waals surface area contributed by atoms with Crippen LogP contribution in [0.5, 0.6) is 0 Å². The average molecular weight is 412 g/mol. The zero-order chi connectivity index (χ0) is 20.4. The highest BCUT2D eigenvalue weighted by atomic mass is 32.1. The number of hydrogen-bond donors (Lipinski definition) is 1. The lowest BCUT2D eigenvalue weighted by Crippen LogP contribution is -2.45. The Labute approximate surface area is 174 Å². The number of amides is 2. The van der Waals surface area contributed by atoms with Crippen LogP contribution in [-0.2, 0) is 0 Å². The molecular formula is C21H25N5O2S. The number of aryl methyl sites for hydroxylation is 2. The molecule has 3 heterocycles. The Kier molecular flexibility index (Phi) is 5.62. The summed E-state index contributed by atoms with van der Waals surface area (Å²) in [6, 6.07) is 8.08. The molecular weight excluding hydrogens is 386 g/mol. The van der Waals surface area contributed by atoms with Gasteiger partial charge in [0, 0.05) is 36.9 Å². The van der Waals surface area contributed by atoms with Gasteiger partial charge in [0.1, 0.15) is 0 Å². The van der Waals surface area contributed by atoms with Crippen molar-refractivity contribution in [3.8, 4) is 11.3 Å². The van der Waals surface area contributed by atoms with Gasteiger partial charge in [-0.2, -0.15) is 4.98 Å². The van der Waals surface area contributed by atoms with E-state index in [1.807, 2.05) is 18.7 Å². The van der Waals surface area contributed by atoms with Gasteiger partial charge < -0.3 is 14.7 Å². The van der Waals surface area contributed by atoms with Crippen LogP contribution in [0.3, 0.4) is 0 Å². The van der Waals surface area contributed by atoms with Gasteiger partial charge in [0.2, 0.25) is 5.89 Å². The van der Waals surface area contributed by atoms with E-state index in [2.05, 4.69) is 50.1 Å². The van der Waals surface area contributed by atoms with Crippen molar-refractivity contribution in [3.05, 3.63) is 51.9 Å². The summed E-state index contributed by atoms with van der Waals surface area (Å²) >= 11 is 1.65. The summed E-state index contributed by atoms with van der Waals surface area (Å²) in [6.07, 6.45) is 1.90. The Morgan fingerprint density at radius 1 is 1.28 bits per heavy atom. The van der Waals surface area contributed by atoms with Crippen LogP contribution in [0.2, 0.25) is 0 Å². The maximum absolute atomic E-state index is 12.8. The summed E-state index contributed by atoms with van der Waals surface area (Å²) < 4.78 is 5.09. The van der Waals surface area contributed by atoms with Gasteiger partial charge in [-0.05, 0) is 32.3 Å². The quantitative estimate of drug-likeness (QED) is 0.685. The molecule has 7 nitrogen and oxygen atoms in total. The summed E-state index contributed by atoms with van der Waals surface area (Å²) in [6.45, 7) is 7.15. The topological polar surface area (TPSA) is 84.2 Å². The summed E-state index contributed by atoms with van der Waals surface area (Å²) in [7, 11) is 0. The molecule has 8 heteroatoms. The minimum Gasteiger partial charge on any atom is -0.340 e. The maximum atomic E-state index is 12.8. The normalized spacial score (nSPS) is 17.9. The molecule has 0 radical (unpaired) electrons. The number of rotatable bonds is 4. The molecule has 152 valence electrons. The molecule has 29 heavy (non-hydrogen) atoms. The molecule has 0 aliphatic carbocycles. The van der Waals surface area contributed by atoms with Crippen LogP contribution in [-0.4, -0.2) is 39.1 Å². The molecule has 2 amide bonds. The SMILES string of the molecule is Cc1nc(C2CCCN(C(=O)NC(C)c3ccc(-c4csc(C)n4)cc3)C2)no1. The maximum Gasteiger partial charge on any atom is 0.317 e. The van der Waals surface area contributed by atoms with E-state index in [1.54, 1.807) is 18.3 Å². The predicted molar refractivity (Wildman–Crippen MR) is 112 cm³/mol. The van der Waals surface area contributed by atoms with E-state index in [4.69, 9.17) is 4.52 Å². The molecule has 4 rings (SSSR count). The summed E-state index contributed by atoms with van der Waals surface area (Å²) in [5, 5.41) is 10.3. The standard InChI is InChI=1S/C21H25N5O2S/c1-13(16-6-8-17(9-7-16)19-12-29-15(3)24-19)22-21(27)26-10-4-5-18(11-26)20-23-14(2)28-25-20/h6-9,12-13,18H,4-5,10-11H2,1-3H3,(H,22,27). The lowest BCUT2D eigenvalue weighted by molar-refractivity contribution is 0.174. The first-order valence-electron chi connectivity index (χ1n) is 9.87. The van der Waals surface area contributed by atoms with E-state index in [0.717, 1.165) is 41.2 Å². The number of piperidine rings is 1. The molecule has 1 aromatic carbocycles. The Bertz CT molecular complexity index is 981. The number of hydrogen-bond acceptors (Lipinski definition) is 6. The van der Waals surface area contributed by atoms with Crippen molar-refractivity contribution >= 4 is 17.4 Å². The van der Waals surface area contributed by atoms with E-state index < -0.39 is 0 Å². The molecule has 1 N–H and O–H groups in total. The van der Waals surface area contributed by atoms with Gasteiger partial charge in [-0.25, -0.2) is 9.78 Å². The van der Waals surface area contributed by atoms with Gasteiger partial charge in [-0.1, -0.05) is 29.4 Å². The van der Waals surface area contributed by atoms with Crippen molar-refractivity contribution in [3.63, 3.8) is 0 Å². The summed E-state index contributed by atoms with van der Waals surface area (Å²) in [5.41, 5.74) is 3.15. The van der Waals surface area contributed by atoms with Gasteiger partial charge in [-0.3, -0.25) is 0 Å². The number of carbonyl (C=O) groups is 1. The van der Waals surface area contributed by atoms with Crippen molar-refractivity contribution in [2.75, 3.05) is 13.1 Å². The van der Waals surface area contributed by atoms with Crippen LogP contribution >= 0.6 is 11.3 Å². The highest BCUT2D eigenvalue weighted by Crippen LogP contribution is 2.26. The molecule has 0 spiro atoms.